The first-order chi connectivity index (χ1) is 8.19. The van der Waals surface area contributed by atoms with Crippen LogP contribution >= 0.6 is 0 Å². The van der Waals surface area contributed by atoms with Crippen LogP contribution in [0, 0.1) is 0 Å². The van der Waals surface area contributed by atoms with Crippen LogP contribution in [-0.4, -0.2) is 42.6 Å². The van der Waals surface area contributed by atoms with Crippen molar-refractivity contribution < 1.29 is 9.53 Å². The lowest BCUT2D eigenvalue weighted by molar-refractivity contribution is -0.145. The number of likely N-dealkylation sites (N-methyl/N-ethyl adjacent to an activating group) is 1. The fourth-order valence-electron chi connectivity index (χ4n) is 2.56. The van der Waals surface area contributed by atoms with Crippen LogP contribution in [0.15, 0.2) is 0 Å². The standard InChI is InChI=1S/C13H26N2O2/c1-3-15(11-8-6-5-7-9-11)10-12(14)13(16)17-4-2/h11-12H,3-10,14H2,1-2H3. The Kier molecular flexibility index (Phi) is 6.52. The molecule has 0 spiro atoms. The first kappa shape index (κ1) is 14.5. The van der Waals surface area contributed by atoms with E-state index in [-0.39, 0.29) is 5.97 Å². The molecular weight excluding hydrogens is 216 g/mol. The molecule has 0 saturated heterocycles. The number of nitrogens with zero attached hydrogens (tertiary/aromatic N) is 1. The maximum absolute atomic E-state index is 11.5. The van der Waals surface area contributed by atoms with Crippen LogP contribution < -0.4 is 5.73 Å². The fraction of sp³-hybridized carbons (Fsp3) is 0.923. The summed E-state index contributed by atoms with van der Waals surface area (Å²) < 4.78 is 4.95. The van der Waals surface area contributed by atoms with Gasteiger partial charge in [0.1, 0.15) is 6.04 Å². The van der Waals surface area contributed by atoms with Crippen LogP contribution in [-0.2, 0) is 9.53 Å². The van der Waals surface area contributed by atoms with Gasteiger partial charge in [-0.15, -0.1) is 0 Å². The smallest absolute Gasteiger partial charge is 0.324 e. The van der Waals surface area contributed by atoms with Gasteiger partial charge in [0.15, 0.2) is 0 Å². The third kappa shape index (κ3) is 4.64. The molecule has 1 aliphatic rings. The Morgan fingerprint density at radius 3 is 2.53 bits per heavy atom. The van der Waals surface area contributed by atoms with E-state index in [0.29, 0.717) is 19.2 Å². The Balaban J connectivity index is 2.41. The van der Waals surface area contributed by atoms with E-state index in [1.807, 2.05) is 6.92 Å². The number of rotatable bonds is 6. The Hall–Kier alpha value is -0.610. The number of ether oxygens (including phenoxy) is 1. The Morgan fingerprint density at radius 2 is 2.00 bits per heavy atom. The van der Waals surface area contributed by atoms with Crippen molar-refractivity contribution >= 4 is 5.97 Å². The highest BCUT2D eigenvalue weighted by Gasteiger charge is 2.24. The van der Waals surface area contributed by atoms with E-state index in [0.717, 1.165) is 6.54 Å². The lowest BCUT2D eigenvalue weighted by atomic mass is 9.94. The second-order valence-corrected chi connectivity index (χ2v) is 4.74. The van der Waals surface area contributed by atoms with Crippen molar-refractivity contribution in [3.8, 4) is 0 Å². The molecule has 0 aliphatic heterocycles. The molecule has 0 aromatic carbocycles. The zero-order valence-electron chi connectivity index (χ0n) is 11.2. The van der Waals surface area contributed by atoms with Gasteiger partial charge in [0.25, 0.3) is 0 Å². The van der Waals surface area contributed by atoms with Crippen LogP contribution in [0.5, 0.6) is 0 Å². The van der Waals surface area contributed by atoms with Gasteiger partial charge in [0.2, 0.25) is 0 Å². The third-order valence-corrected chi connectivity index (χ3v) is 3.52. The van der Waals surface area contributed by atoms with Gasteiger partial charge in [-0.3, -0.25) is 9.69 Å². The lowest BCUT2D eigenvalue weighted by Gasteiger charge is -2.34. The van der Waals surface area contributed by atoms with Gasteiger partial charge in [-0.1, -0.05) is 26.2 Å². The minimum atomic E-state index is -0.503. The first-order valence-corrected chi connectivity index (χ1v) is 6.85. The molecule has 17 heavy (non-hydrogen) atoms. The van der Waals surface area contributed by atoms with Gasteiger partial charge in [0.05, 0.1) is 6.61 Å². The van der Waals surface area contributed by atoms with Crippen LogP contribution in [0.1, 0.15) is 46.0 Å². The molecule has 0 heterocycles. The van der Waals surface area contributed by atoms with Gasteiger partial charge in [-0.05, 0) is 26.3 Å². The topological polar surface area (TPSA) is 55.6 Å². The highest BCUT2D eigenvalue weighted by Crippen LogP contribution is 2.22. The number of carbonyl (C=O) groups excluding carboxylic acids is 1. The van der Waals surface area contributed by atoms with Gasteiger partial charge in [0, 0.05) is 12.6 Å². The summed E-state index contributed by atoms with van der Waals surface area (Å²) in [5.74, 6) is -0.276. The van der Waals surface area contributed by atoms with E-state index in [4.69, 9.17) is 10.5 Å². The molecule has 1 atom stereocenters. The minimum Gasteiger partial charge on any atom is -0.465 e. The quantitative estimate of drug-likeness (QED) is 0.718. The third-order valence-electron chi connectivity index (χ3n) is 3.52. The average molecular weight is 242 g/mol. The molecule has 1 unspecified atom stereocenters. The Bertz CT molecular complexity index is 227. The number of hydrogen-bond donors (Lipinski definition) is 1. The largest absolute Gasteiger partial charge is 0.465 e. The zero-order chi connectivity index (χ0) is 12.7. The SMILES string of the molecule is CCOC(=O)C(N)CN(CC)C1CCCCC1. The predicted octanol–water partition coefficient (Wildman–Crippen LogP) is 1.53. The van der Waals surface area contributed by atoms with Crippen LogP contribution in [0.4, 0.5) is 0 Å². The summed E-state index contributed by atoms with van der Waals surface area (Å²) >= 11 is 0. The number of nitrogens with two attached hydrogens (primary N) is 1. The number of hydrogen-bond acceptors (Lipinski definition) is 4. The summed E-state index contributed by atoms with van der Waals surface area (Å²) in [6.45, 7) is 5.93. The fourth-order valence-corrected chi connectivity index (χ4v) is 2.56. The molecule has 4 heteroatoms. The van der Waals surface area contributed by atoms with Crippen LogP contribution in [0.3, 0.4) is 0 Å². The molecule has 1 saturated carbocycles. The molecule has 1 rings (SSSR count). The van der Waals surface area contributed by atoms with Gasteiger partial charge >= 0.3 is 5.97 Å². The molecule has 2 N–H and O–H groups in total. The highest BCUT2D eigenvalue weighted by atomic mass is 16.5. The van der Waals surface area contributed by atoms with Gasteiger partial charge in [-0.2, -0.15) is 0 Å². The summed E-state index contributed by atoms with van der Waals surface area (Å²) in [4.78, 5) is 13.8. The van der Waals surface area contributed by atoms with Gasteiger partial charge in [-0.25, -0.2) is 0 Å². The van der Waals surface area contributed by atoms with E-state index in [1.54, 1.807) is 0 Å². The first-order valence-electron chi connectivity index (χ1n) is 6.85. The van der Waals surface area contributed by atoms with Crippen molar-refractivity contribution in [2.45, 2.75) is 58.0 Å². The summed E-state index contributed by atoms with van der Waals surface area (Å²) in [6.07, 6.45) is 6.43. The van der Waals surface area contributed by atoms with Crippen LogP contribution in [0.25, 0.3) is 0 Å². The molecule has 0 bridgehead atoms. The van der Waals surface area contributed by atoms with Crippen molar-refractivity contribution in [3.05, 3.63) is 0 Å². The summed E-state index contributed by atoms with van der Waals surface area (Å²) in [5.41, 5.74) is 5.87. The summed E-state index contributed by atoms with van der Waals surface area (Å²) in [6, 6.07) is 0.103. The molecule has 0 aromatic heterocycles. The van der Waals surface area contributed by atoms with E-state index in [9.17, 15) is 4.79 Å². The molecule has 1 fully saturated rings. The van der Waals surface area contributed by atoms with Crippen molar-refractivity contribution in [2.24, 2.45) is 5.73 Å². The molecule has 100 valence electrons. The molecule has 0 radical (unpaired) electrons. The predicted molar refractivity (Wildman–Crippen MR) is 68.7 cm³/mol. The van der Waals surface area contributed by atoms with Crippen LogP contribution in [0.2, 0.25) is 0 Å². The minimum absolute atomic E-state index is 0.276. The summed E-state index contributed by atoms with van der Waals surface area (Å²) in [7, 11) is 0. The van der Waals surface area contributed by atoms with Crippen molar-refractivity contribution in [3.63, 3.8) is 0 Å². The molecule has 4 nitrogen and oxygen atoms in total. The Labute approximate surface area is 104 Å². The molecule has 1 aliphatic carbocycles. The monoisotopic (exact) mass is 242 g/mol. The number of carbonyl (C=O) groups is 1. The maximum atomic E-state index is 11.5. The maximum Gasteiger partial charge on any atom is 0.324 e. The van der Waals surface area contributed by atoms with E-state index < -0.39 is 6.04 Å². The van der Waals surface area contributed by atoms with Crippen molar-refractivity contribution in [2.75, 3.05) is 19.7 Å². The second-order valence-electron chi connectivity index (χ2n) is 4.74. The lowest BCUT2D eigenvalue weighted by Crippen LogP contribution is -2.47. The Morgan fingerprint density at radius 1 is 1.35 bits per heavy atom. The normalized spacial score (nSPS) is 19.3. The zero-order valence-corrected chi connectivity index (χ0v) is 11.2. The van der Waals surface area contributed by atoms with Gasteiger partial charge < -0.3 is 10.5 Å². The molecule has 0 aromatic rings. The van der Waals surface area contributed by atoms with E-state index in [1.165, 1.54) is 32.1 Å². The van der Waals surface area contributed by atoms with Crippen molar-refractivity contribution in [1.29, 1.82) is 0 Å². The molecule has 0 amide bonds. The average Bonchev–Trinajstić information content (AvgIpc) is 2.37. The van der Waals surface area contributed by atoms with E-state index in [2.05, 4.69) is 11.8 Å². The van der Waals surface area contributed by atoms with E-state index >= 15 is 0 Å². The summed E-state index contributed by atoms with van der Waals surface area (Å²) in [5, 5.41) is 0. The van der Waals surface area contributed by atoms with Crippen molar-refractivity contribution in [1.82, 2.24) is 4.90 Å². The molecular formula is C13H26N2O2. The number of esters is 1. The highest BCUT2D eigenvalue weighted by molar-refractivity contribution is 5.75. The second kappa shape index (κ2) is 7.67.